The van der Waals surface area contributed by atoms with Crippen molar-refractivity contribution in [1.82, 2.24) is 24.9 Å². The van der Waals surface area contributed by atoms with Crippen LogP contribution in [0.25, 0.3) is 0 Å². The van der Waals surface area contributed by atoms with Crippen molar-refractivity contribution < 1.29 is 18.4 Å². The van der Waals surface area contributed by atoms with Gasteiger partial charge in [0.2, 0.25) is 5.91 Å². The number of alkyl halides is 2. The van der Waals surface area contributed by atoms with Crippen molar-refractivity contribution in [2.75, 3.05) is 12.4 Å². The number of carbonyl (C=O) groups excluding carboxylic acids is 2. The van der Waals surface area contributed by atoms with Crippen LogP contribution in [0.5, 0.6) is 0 Å². The lowest BCUT2D eigenvalue weighted by atomic mass is 10.2. The molecule has 2 heterocycles. The number of hydrogen-bond acceptors (Lipinski definition) is 4. The average molecular weight is 366 g/mol. The van der Waals surface area contributed by atoms with Crippen molar-refractivity contribution in [3.8, 4) is 0 Å². The maximum Gasteiger partial charge on any atom is 0.282 e. The molecule has 0 atom stereocenters. The lowest BCUT2D eigenvalue weighted by Gasteiger charge is -2.08. The van der Waals surface area contributed by atoms with E-state index < -0.39 is 18.2 Å². The standard InChI is InChI=1S/C16H20F2N6O2/c1-3-23-7-11(14(22-23)16(26)19-2)20-13(25)8-24-12(9-4-5-9)6-10(21-24)15(17)18/h6-7,9,15H,3-5,8H2,1-2H3,(H,19,26)(H,20,25). The zero-order valence-electron chi connectivity index (χ0n) is 14.5. The molecule has 1 fully saturated rings. The van der Waals surface area contributed by atoms with Crippen LogP contribution >= 0.6 is 0 Å². The zero-order chi connectivity index (χ0) is 18.8. The Morgan fingerprint density at radius 1 is 1.35 bits per heavy atom. The molecule has 1 aliphatic rings. The van der Waals surface area contributed by atoms with Crippen molar-refractivity contribution in [2.45, 2.75) is 45.2 Å². The van der Waals surface area contributed by atoms with Gasteiger partial charge >= 0.3 is 0 Å². The number of aryl methyl sites for hydroxylation is 1. The minimum Gasteiger partial charge on any atom is -0.354 e. The highest BCUT2D eigenvalue weighted by Crippen LogP contribution is 2.41. The van der Waals surface area contributed by atoms with E-state index in [4.69, 9.17) is 0 Å². The summed E-state index contributed by atoms with van der Waals surface area (Å²) in [5, 5.41) is 13.1. The molecule has 2 N–H and O–H groups in total. The van der Waals surface area contributed by atoms with Crippen LogP contribution in [0.15, 0.2) is 12.3 Å². The van der Waals surface area contributed by atoms with Gasteiger partial charge in [0.05, 0.1) is 5.69 Å². The molecule has 140 valence electrons. The van der Waals surface area contributed by atoms with Gasteiger partial charge in [0.1, 0.15) is 12.2 Å². The highest BCUT2D eigenvalue weighted by molar-refractivity contribution is 6.02. The smallest absolute Gasteiger partial charge is 0.282 e. The molecule has 0 aromatic carbocycles. The van der Waals surface area contributed by atoms with E-state index in [0.717, 1.165) is 12.8 Å². The van der Waals surface area contributed by atoms with Crippen LogP contribution < -0.4 is 10.6 Å². The number of nitrogens with one attached hydrogen (secondary N) is 2. The highest BCUT2D eigenvalue weighted by Gasteiger charge is 2.30. The van der Waals surface area contributed by atoms with Crippen molar-refractivity contribution in [2.24, 2.45) is 0 Å². The molecule has 2 amide bonds. The Kier molecular flexibility index (Phi) is 5.01. The number of halogens is 2. The van der Waals surface area contributed by atoms with E-state index in [1.807, 2.05) is 6.92 Å². The summed E-state index contributed by atoms with van der Waals surface area (Å²) >= 11 is 0. The Morgan fingerprint density at radius 2 is 2.08 bits per heavy atom. The summed E-state index contributed by atoms with van der Waals surface area (Å²) in [7, 11) is 1.47. The van der Waals surface area contributed by atoms with Gasteiger partial charge in [-0.1, -0.05) is 0 Å². The topological polar surface area (TPSA) is 93.8 Å². The summed E-state index contributed by atoms with van der Waals surface area (Å²) in [6, 6.07) is 1.36. The van der Waals surface area contributed by atoms with Gasteiger partial charge < -0.3 is 10.6 Å². The summed E-state index contributed by atoms with van der Waals surface area (Å²) in [4.78, 5) is 24.3. The van der Waals surface area contributed by atoms with Crippen molar-refractivity contribution in [3.63, 3.8) is 0 Å². The quantitative estimate of drug-likeness (QED) is 0.783. The molecule has 0 spiro atoms. The maximum absolute atomic E-state index is 12.9. The minimum absolute atomic E-state index is 0.0962. The number of anilines is 1. The Bertz CT molecular complexity index is 825. The molecule has 26 heavy (non-hydrogen) atoms. The van der Waals surface area contributed by atoms with Crippen LogP contribution in [0.1, 0.15) is 54.0 Å². The molecule has 2 aromatic rings. The van der Waals surface area contributed by atoms with Gasteiger partial charge in [-0.2, -0.15) is 10.2 Å². The Labute approximate surface area is 148 Å². The summed E-state index contributed by atoms with van der Waals surface area (Å²) < 4.78 is 28.7. The third-order valence-corrected chi connectivity index (χ3v) is 4.14. The molecule has 1 saturated carbocycles. The third-order valence-electron chi connectivity index (χ3n) is 4.14. The van der Waals surface area contributed by atoms with E-state index in [1.165, 1.54) is 22.5 Å². The first kappa shape index (κ1) is 18.0. The minimum atomic E-state index is -2.68. The maximum atomic E-state index is 12.9. The summed E-state index contributed by atoms with van der Waals surface area (Å²) in [5.74, 6) is -0.714. The SMILES string of the molecule is CCn1cc(NC(=O)Cn2nc(C(F)F)cc2C2CC2)c(C(=O)NC)n1. The monoisotopic (exact) mass is 366 g/mol. The molecular weight excluding hydrogens is 346 g/mol. The first-order valence-electron chi connectivity index (χ1n) is 8.38. The number of nitrogens with zero attached hydrogens (tertiary/aromatic N) is 4. The van der Waals surface area contributed by atoms with E-state index >= 15 is 0 Å². The summed E-state index contributed by atoms with van der Waals surface area (Å²) in [6.45, 7) is 2.18. The average Bonchev–Trinajstić information content (AvgIpc) is 3.24. The lowest BCUT2D eigenvalue weighted by molar-refractivity contribution is -0.117. The van der Waals surface area contributed by atoms with Gasteiger partial charge in [-0.3, -0.25) is 19.0 Å². The van der Waals surface area contributed by atoms with Crippen molar-refractivity contribution >= 4 is 17.5 Å². The zero-order valence-corrected chi connectivity index (χ0v) is 14.5. The van der Waals surface area contributed by atoms with Crippen molar-refractivity contribution in [3.05, 3.63) is 29.3 Å². The molecule has 1 aliphatic carbocycles. The Hall–Kier alpha value is -2.78. The highest BCUT2D eigenvalue weighted by atomic mass is 19.3. The Morgan fingerprint density at radius 3 is 2.65 bits per heavy atom. The second kappa shape index (κ2) is 7.22. The van der Waals surface area contributed by atoms with Crippen LogP contribution in [0.3, 0.4) is 0 Å². The van der Waals surface area contributed by atoms with E-state index in [-0.39, 0.29) is 29.5 Å². The van der Waals surface area contributed by atoms with Crippen molar-refractivity contribution in [1.29, 1.82) is 0 Å². The fourth-order valence-corrected chi connectivity index (χ4v) is 2.68. The first-order chi connectivity index (χ1) is 12.4. The third kappa shape index (κ3) is 3.73. The molecule has 8 nitrogen and oxygen atoms in total. The van der Waals surface area contributed by atoms with Gasteiger partial charge in [-0.05, 0) is 25.8 Å². The summed E-state index contributed by atoms with van der Waals surface area (Å²) in [6.07, 6.45) is 0.678. The van der Waals surface area contributed by atoms with Crippen LogP contribution in [-0.2, 0) is 17.9 Å². The van der Waals surface area contributed by atoms with E-state index in [1.54, 1.807) is 6.20 Å². The second-order valence-electron chi connectivity index (χ2n) is 6.10. The normalized spacial score (nSPS) is 13.9. The molecular formula is C16H20F2N6O2. The van der Waals surface area contributed by atoms with Crippen LogP contribution in [0.4, 0.5) is 14.5 Å². The van der Waals surface area contributed by atoms with E-state index in [0.29, 0.717) is 12.2 Å². The van der Waals surface area contributed by atoms with Gasteiger partial charge in [-0.15, -0.1) is 0 Å². The number of carbonyl (C=O) groups is 2. The molecule has 2 aromatic heterocycles. The molecule has 10 heteroatoms. The number of hydrogen-bond donors (Lipinski definition) is 2. The molecule has 3 rings (SSSR count). The largest absolute Gasteiger partial charge is 0.354 e. The first-order valence-corrected chi connectivity index (χ1v) is 8.38. The molecule has 0 aliphatic heterocycles. The second-order valence-corrected chi connectivity index (χ2v) is 6.10. The molecule has 0 saturated heterocycles. The number of rotatable bonds is 7. The van der Waals surface area contributed by atoms with Gasteiger partial charge in [0.25, 0.3) is 12.3 Å². The molecule has 0 radical (unpaired) electrons. The Balaban J connectivity index is 1.77. The lowest BCUT2D eigenvalue weighted by Crippen LogP contribution is -2.24. The van der Waals surface area contributed by atoms with Gasteiger partial charge in [0, 0.05) is 31.4 Å². The van der Waals surface area contributed by atoms with E-state index in [9.17, 15) is 18.4 Å². The fraction of sp³-hybridized carbons (Fsp3) is 0.500. The fourth-order valence-electron chi connectivity index (χ4n) is 2.68. The number of amides is 2. The van der Waals surface area contributed by atoms with Crippen LogP contribution in [0.2, 0.25) is 0 Å². The van der Waals surface area contributed by atoms with E-state index in [2.05, 4.69) is 20.8 Å². The number of aromatic nitrogens is 4. The molecule has 0 bridgehead atoms. The predicted octanol–water partition coefficient (Wildman–Crippen LogP) is 1.91. The van der Waals surface area contributed by atoms with Crippen LogP contribution in [-0.4, -0.2) is 38.4 Å². The van der Waals surface area contributed by atoms with Crippen LogP contribution in [0, 0.1) is 0 Å². The van der Waals surface area contributed by atoms with Gasteiger partial charge in [-0.25, -0.2) is 8.78 Å². The predicted molar refractivity (Wildman–Crippen MR) is 89.1 cm³/mol. The van der Waals surface area contributed by atoms with Gasteiger partial charge in [0.15, 0.2) is 5.69 Å². The summed E-state index contributed by atoms with van der Waals surface area (Å²) in [5.41, 5.74) is 0.681. The molecule has 0 unspecified atom stereocenters.